The number of likely N-dealkylation sites (tertiary alicyclic amines) is 1. The Bertz CT molecular complexity index is 484. The number of carbonyl (C=O) groups is 4. The summed E-state index contributed by atoms with van der Waals surface area (Å²) in [6.07, 6.45) is 0.396. The third kappa shape index (κ3) is 2.39. The van der Waals surface area contributed by atoms with Crippen molar-refractivity contribution >= 4 is 24.1 Å². The van der Waals surface area contributed by atoms with Crippen LogP contribution in [0, 0.1) is 0 Å². The number of urea groups is 2. The van der Waals surface area contributed by atoms with E-state index in [1.54, 1.807) is 4.90 Å². The first kappa shape index (κ1) is 13.7. The molecule has 0 aromatic heterocycles. The SMILES string of the molecule is O=C1NCCN1C(=O)N1CCC(N2C(=O)COC2=O)CC1. The van der Waals surface area contributed by atoms with Crippen LogP contribution in [0.1, 0.15) is 12.8 Å². The number of carbonyl (C=O) groups excluding carboxylic acids is 4. The maximum absolute atomic E-state index is 12.2. The molecule has 0 saturated carbocycles. The van der Waals surface area contributed by atoms with Crippen LogP contribution in [0.5, 0.6) is 0 Å². The van der Waals surface area contributed by atoms with Crippen molar-refractivity contribution in [3.05, 3.63) is 0 Å². The second kappa shape index (κ2) is 5.23. The summed E-state index contributed by atoms with van der Waals surface area (Å²) in [6, 6.07) is -0.928. The van der Waals surface area contributed by atoms with E-state index >= 15 is 0 Å². The number of ether oxygens (including phenoxy) is 1. The quantitative estimate of drug-likeness (QED) is 0.708. The summed E-state index contributed by atoms with van der Waals surface area (Å²) >= 11 is 0. The lowest BCUT2D eigenvalue weighted by atomic mass is 10.0. The van der Waals surface area contributed by atoms with Crippen molar-refractivity contribution in [2.75, 3.05) is 32.8 Å². The fourth-order valence-corrected chi connectivity index (χ4v) is 2.86. The van der Waals surface area contributed by atoms with E-state index in [4.69, 9.17) is 4.74 Å². The lowest BCUT2D eigenvalue weighted by Crippen LogP contribution is -2.52. The van der Waals surface area contributed by atoms with E-state index < -0.39 is 6.09 Å². The van der Waals surface area contributed by atoms with Crippen LogP contribution < -0.4 is 5.32 Å². The molecule has 3 saturated heterocycles. The molecule has 9 heteroatoms. The highest BCUT2D eigenvalue weighted by molar-refractivity contribution is 5.98. The molecule has 6 amide bonds. The van der Waals surface area contributed by atoms with Gasteiger partial charge >= 0.3 is 18.2 Å². The third-order valence-corrected chi connectivity index (χ3v) is 3.97. The molecule has 0 aromatic rings. The molecule has 3 fully saturated rings. The van der Waals surface area contributed by atoms with E-state index in [0.717, 1.165) is 4.90 Å². The molecule has 0 radical (unpaired) electrons. The van der Waals surface area contributed by atoms with Gasteiger partial charge in [-0.1, -0.05) is 0 Å². The number of rotatable bonds is 1. The van der Waals surface area contributed by atoms with Crippen molar-refractivity contribution in [1.82, 2.24) is 20.0 Å². The highest BCUT2D eigenvalue weighted by Gasteiger charge is 2.40. The number of nitrogens with one attached hydrogen (secondary N) is 1. The number of piperidine rings is 1. The van der Waals surface area contributed by atoms with Gasteiger partial charge in [0.1, 0.15) is 0 Å². The van der Waals surface area contributed by atoms with Crippen LogP contribution in [0.2, 0.25) is 0 Å². The Morgan fingerprint density at radius 3 is 2.38 bits per heavy atom. The highest BCUT2D eigenvalue weighted by atomic mass is 16.6. The van der Waals surface area contributed by atoms with Crippen LogP contribution in [0.3, 0.4) is 0 Å². The van der Waals surface area contributed by atoms with Crippen molar-refractivity contribution in [1.29, 1.82) is 0 Å². The zero-order valence-electron chi connectivity index (χ0n) is 11.4. The lowest BCUT2D eigenvalue weighted by Gasteiger charge is -2.35. The fourth-order valence-electron chi connectivity index (χ4n) is 2.86. The van der Waals surface area contributed by atoms with E-state index in [0.29, 0.717) is 39.0 Å². The van der Waals surface area contributed by atoms with Crippen LogP contribution in [-0.4, -0.2) is 77.6 Å². The molecule has 3 aliphatic rings. The van der Waals surface area contributed by atoms with Gasteiger partial charge in [0, 0.05) is 32.2 Å². The molecule has 0 unspecified atom stereocenters. The summed E-state index contributed by atoms with van der Waals surface area (Å²) in [5.41, 5.74) is 0. The summed E-state index contributed by atoms with van der Waals surface area (Å²) < 4.78 is 4.70. The van der Waals surface area contributed by atoms with Crippen molar-refractivity contribution < 1.29 is 23.9 Å². The summed E-state index contributed by atoms with van der Waals surface area (Å²) in [6.45, 7) is 1.45. The largest absolute Gasteiger partial charge is 0.439 e. The van der Waals surface area contributed by atoms with Gasteiger partial charge in [0.15, 0.2) is 6.61 Å². The van der Waals surface area contributed by atoms with Gasteiger partial charge in [-0.3, -0.25) is 4.79 Å². The average Bonchev–Trinajstić information content (AvgIpc) is 3.05. The number of hydrogen-bond acceptors (Lipinski definition) is 5. The first-order valence-electron chi connectivity index (χ1n) is 6.91. The molecule has 0 aromatic carbocycles. The highest BCUT2D eigenvalue weighted by Crippen LogP contribution is 2.21. The molecule has 3 heterocycles. The molecule has 1 N–H and O–H groups in total. The van der Waals surface area contributed by atoms with Crippen LogP contribution in [-0.2, 0) is 9.53 Å². The van der Waals surface area contributed by atoms with Gasteiger partial charge in [0.05, 0.1) is 0 Å². The fraction of sp³-hybridized carbons (Fsp3) is 0.667. The normalized spacial score (nSPS) is 23.6. The Labute approximate surface area is 120 Å². The summed E-state index contributed by atoms with van der Waals surface area (Å²) in [5, 5.41) is 2.58. The zero-order valence-corrected chi connectivity index (χ0v) is 11.4. The molecule has 9 nitrogen and oxygen atoms in total. The number of amides is 6. The van der Waals surface area contributed by atoms with E-state index in [1.165, 1.54) is 4.90 Å². The topological polar surface area (TPSA) is 99.3 Å². The summed E-state index contributed by atoms with van der Waals surface area (Å²) in [7, 11) is 0. The van der Waals surface area contributed by atoms with Gasteiger partial charge in [-0.05, 0) is 12.8 Å². The number of imide groups is 2. The van der Waals surface area contributed by atoms with Gasteiger partial charge in [0.2, 0.25) is 0 Å². The summed E-state index contributed by atoms with van der Waals surface area (Å²) in [4.78, 5) is 50.6. The minimum atomic E-state index is -0.608. The number of hydrogen-bond donors (Lipinski definition) is 1. The van der Waals surface area contributed by atoms with Crippen molar-refractivity contribution in [3.63, 3.8) is 0 Å². The standard InChI is InChI=1S/C12H16N4O5/c17-9-7-21-12(20)16(9)8-1-4-14(5-2-8)11(19)15-6-3-13-10(15)18/h8H,1-7H2,(H,13,18). The molecular formula is C12H16N4O5. The number of cyclic esters (lactones) is 1. The van der Waals surface area contributed by atoms with Crippen LogP contribution in [0.4, 0.5) is 14.4 Å². The molecule has 3 aliphatic heterocycles. The Balaban J connectivity index is 1.58. The van der Waals surface area contributed by atoms with Gasteiger partial charge in [-0.2, -0.15) is 0 Å². The van der Waals surface area contributed by atoms with E-state index in [1.807, 2.05) is 0 Å². The molecule has 21 heavy (non-hydrogen) atoms. The summed E-state index contributed by atoms with van der Waals surface area (Å²) in [5.74, 6) is -0.330. The lowest BCUT2D eigenvalue weighted by molar-refractivity contribution is -0.127. The second-order valence-corrected chi connectivity index (χ2v) is 5.20. The van der Waals surface area contributed by atoms with Gasteiger partial charge in [-0.25, -0.2) is 24.2 Å². The first-order valence-corrected chi connectivity index (χ1v) is 6.91. The molecule has 114 valence electrons. The van der Waals surface area contributed by atoms with Crippen molar-refractivity contribution in [2.24, 2.45) is 0 Å². The Morgan fingerprint density at radius 2 is 1.86 bits per heavy atom. The predicted octanol–water partition coefficient (Wildman–Crippen LogP) is -0.425. The maximum Gasteiger partial charge on any atom is 0.417 e. The van der Waals surface area contributed by atoms with Crippen LogP contribution in [0.25, 0.3) is 0 Å². The molecule has 0 aliphatic carbocycles. The second-order valence-electron chi connectivity index (χ2n) is 5.20. The van der Waals surface area contributed by atoms with Crippen molar-refractivity contribution in [2.45, 2.75) is 18.9 Å². The number of nitrogens with zero attached hydrogens (tertiary/aromatic N) is 3. The van der Waals surface area contributed by atoms with Crippen LogP contribution >= 0.6 is 0 Å². The van der Waals surface area contributed by atoms with E-state index in [9.17, 15) is 19.2 Å². The molecule has 0 bridgehead atoms. The Morgan fingerprint density at radius 1 is 1.14 bits per heavy atom. The van der Waals surface area contributed by atoms with E-state index in [-0.39, 0.29) is 30.6 Å². The third-order valence-electron chi connectivity index (χ3n) is 3.97. The van der Waals surface area contributed by atoms with Gasteiger partial charge < -0.3 is 15.0 Å². The Hall–Kier alpha value is -2.32. The molecule has 0 atom stereocenters. The average molecular weight is 296 g/mol. The van der Waals surface area contributed by atoms with Crippen molar-refractivity contribution in [3.8, 4) is 0 Å². The van der Waals surface area contributed by atoms with Gasteiger partial charge in [-0.15, -0.1) is 0 Å². The molecular weight excluding hydrogens is 280 g/mol. The predicted molar refractivity (Wildman–Crippen MR) is 68.3 cm³/mol. The maximum atomic E-state index is 12.2. The van der Waals surface area contributed by atoms with Gasteiger partial charge in [0.25, 0.3) is 5.91 Å². The molecule has 0 spiro atoms. The minimum absolute atomic E-state index is 0.202. The monoisotopic (exact) mass is 296 g/mol. The minimum Gasteiger partial charge on any atom is -0.439 e. The zero-order chi connectivity index (χ0) is 15.0. The van der Waals surface area contributed by atoms with E-state index in [2.05, 4.69) is 5.32 Å². The smallest absolute Gasteiger partial charge is 0.417 e. The van der Waals surface area contributed by atoms with Crippen LogP contribution in [0.15, 0.2) is 0 Å². The molecule has 3 rings (SSSR count). The Kier molecular flexibility index (Phi) is 3.40. The first-order chi connectivity index (χ1) is 10.1.